The van der Waals surface area contributed by atoms with Gasteiger partial charge in [-0.3, -0.25) is 14.6 Å². The van der Waals surface area contributed by atoms with Crippen LogP contribution in [0.15, 0.2) is 48.5 Å². The number of rotatable bonds is 9. The fourth-order valence-corrected chi connectivity index (χ4v) is 4.66. The highest BCUT2D eigenvalue weighted by Gasteiger charge is 2.36. The third-order valence-corrected chi connectivity index (χ3v) is 6.77. The first-order chi connectivity index (χ1) is 17.4. The van der Waals surface area contributed by atoms with Gasteiger partial charge in [0.05, 0.1) is 19.8 Å². The predicted molar refractivity (Wildman–Crippen MR) is 138 cm³/mol. The summed E-state index contributed by atoms with van der Waals surface area (Å²) in [6.07, 6.45) is 0. The van der Waals surface area contributed by atoms with Gasteiger partial charge in [0.15, 0.2) is 0 Å². The van der Waals surface area contributed by atoms with Crippen molar-refractivity contribution in [3.63, 3.8) is 0 Å². The second kappa shape index (κ2) is 12.5. The molecule has 2 aromatic carbocycles. The van der Waals surface area contributed by atoms with Crippen LogP contribution in [-0.2, 0) is 16.1 Å². The monoisotopic (exact) mass is 497 g/mol. The molecule has 0 aliphatic carbocycles. The van der Waals surface area contributed by atoms with Crippen LogP contribution in [0.4, 0.5) is 0 Å². The zero-order valence-corrected chi connectivity index (χ0v) is 21.5. The number of hydrogen-bond donors (Lipinski definition) is 1. The number of aliphatic hydroxyl groups is 1. The van der Waals surface area contributed by atoms with Gasteiger partial charge in [-0.15, -0.1) is 0 Å². The Morgan fingerprint density at radius 1 is 0.917 bits per heavy atom. The average molecular weight is 498 g/mol. The molecule has 2 heterocycles. The number of amides is 1. The molecule has 0 radical (unpaired) electrons. The van der Waals surface area contributed by atoms with Gasteiger partial charge in [-0.1, -0.05) is 29.8 Å². The van der Waals surface area contributed by atoms with Crippen molar-refractivity contribution < 1.29 is 24.1 Å². The van der Waals surface area contributed by atoms with Crippen molar-refractivity contribution in [1.82, 2.24) is 14.7 Å². The maximum Gasteiger partial charge on any atom is 0.219 e. The molecule has 0 aromatic heterocycles. The summed E-state index contributed by atoms with van der Waals surface area (Å²) in [5, 5.41) is 11.5. The average Bonchev–Trinajstić information content (AvgIpc) is 3.04. The van der Waals surface area contributed by atoms with E-state index in [1.807, 2.05) is 43.3 Å². The molecule has 0 saturated carbocycles. The third kappa shape index (κ3) is 7.93. The highest BCUT2D eigenvalue weighted by Crippen LogP contribution is 2.21. The molecule has 2 fully saturated rings. The molecule has 0 bridgehead atoms. The van der Waals surface area contributed by atoms with Gasteiger partial charge < -0.3 is 24.2 Å². The lowest BCUT2D eigenvalue weighted by Gasteiger charge is -2.32. The van der Waals surface area contributed by atoms with Gasteiger partial charge in [-0.25, -0.2) is 0 Å². The van der Waals surface area contributed by atoms with Crippen LogP contribution < -0.4 is 9.47 Å². The first-order valence-electron chi connectivity index (χ1n) is 12.8. The highest BCUT2D eigenvalue weighted by atomic mass is 16.5. The van der Waals surface area contributed by atoms with Crippen LogP contribution in [0.25, 0.3) is 0 Å². The molecule has 0 spiro atoms. The zero-order chi connectivity index (χ0) is 25.4. The first-order valence-corrected chi connectivity index (χ1v) is 12.8. The van der Waals surface area contributed by atoms with Crippen LogP contribution in [0.3, 0.4) is 0 Å². The summed E-state index contributed by atoms with van der Waals surface area (Å²) in [4.78, 5) is 18.4. The van der Waals surface area contributed by atoms with Crippen LogP contribution in [-0.4, -0.2) is 104 Å². The molecular formula is C28H39N3O5. The van der Waals surface area contributed by atoms with Crippen molar-refractivity contribution >= 4 is 5.91 Å². The molecule has 2 saturated heterocycles. The van der Waals surface area contributed by atoms with E-state index in [4.69, 9.17) is 14.2 Å². The quantitative estimate of drug-likeness (QED) is 0.569. The van der Waals surface area contributed by atoms with Crippen molar-refractivity contribution in [3.05, 3.63) is 59.7 Å². The Morgan fingerprint density at radius 3 is 2.28 bits per heavy atom. The van der Waals surface area contributed by atoms with Crippen LogP contribution >= 0.6 is 0 Å². The number of β-amino-alcohol motifs (C(OH)–C–C–N with tert-alkyl or cyclic N) is 1. The molecule has 1 amide bonds. The van der Waals surface area contributed by atoms with E-state index in [1.54, 1.807) is 11.8 Å². The molecule has 2 aliphatic heterocycles. The van der Waals surface area contributed by atoms with Crippen molar-refractivity contribution in [3.8, 4) is 11.5 Å². The molecule has 8 nitrogen and oxygen atoms in total. The Labute approximate surface area is 214 Å². The summed E-state index contributed by atoms with van der Waals surface area (Å²) in [5.74, 6) is 1.53. The number of morpholine rings is 1. The van der Waals surface area contributed by atoms with E-state index < -0.39 is 5.60 Å². The standard InChI is InChI=1S/C28H39N3O5/c1-23-3-7-27(8-4-23)36-22-28(33)20-30(11-12-31(21-28)24(2)32)19-25-5-9-26(10-6-25)35-18-15-29-13-16-34-17-14-29/h3-10,33H,11-22H2,1-2H3/t28-/m1/s1. The number of benzene rings is 2. The number of aryl methyl sites for hydroxylation is 1. The SMILES string of the molecule is CC(=O)N1CCN(Cc2ccc(OCCN3CCOCC3)cc2)C[C@](O)(COc2ccc(C)cc2)C1. The Kier molecular flexibility index (Phi) is 9.20. The lowest BCUT2D eigenvalue weighted by atomic mass is 10.0. The first kappa shape index (κ1) is 26.4. The smallest absolute Gasteiger partial charge is 0.219 e. The fraction of sp³-hybridized carbons (Fsp3) is 0.536. The van der Waals surface area contributed by atoms with Crippen molar-refractivity contribution in [2.45, 2.75) is 26.0 Å². The van der Waals surface area contributed by atoms with Gasteiger partial charge in [0.2, 0.25) is 5.91 Å². The second-order valence-corrected chi connectivity index (χ2v) is 9.92. The number of hydrogen-bond acceptors (Lipinski definition) is 7. The molecule has 196 valence electrons. The topological polar surface area (TPSA) is 74.7 Å². The van der Waals surface area contributed by atoms with Crippen molar-refractivity contribution in [2.24, 2.45) is 0 Å². The van der Waals surface area contributed by atoms with Crippen molar-refractivity contribution in [2.75, 3.05) is 72.2 Å². The molecule has 36 heavy (non-hydrogen) atoms. The molecule has 4 rings (SSSR count). The van der Waals surface area contributed by atoms with Crippen LogP contribution in [0.5, 0.6) is 11.5 Å². The summed E-state index contributed by atoms with van der Waals surface area (Å²) >= 11 is 0. The molecule has 0 unspecified atom stereocenters. The van der Waals surface area contributed by atoms with E-state index in [9.17, 15) is 9.90 Å². The molecule has 2 aliphatic rings. The maximum absolute atomic E-state index is 12.2. The second-order valence-electron chi connectivity index (χ2n) is 9.92. The van der Waals surface area contributed by atoms with Gasteiger partial charge in [0.1, 0.15) is 30.3 Å². The molecule has 1 atom stereocenters. The highest BCUT2D eigenvalue weighted by molar-refractivity contribution is 5.73. The molecule has 1 N–H and O–H groups in total. The summed E-state index contributed by atoms with van der Waals surface area (Å²) in [6, 6.07) is 15.9. The molecule has 8 heteroatoms. The number of ether oxygens (including phenoxy) is 3. The van der Waals surface area contributed by atoms with Gasteiger partial charge in [0, 0.05) is 52.7 Å². The number of carbonyl (C=O) groups is 1. The van der Waals surface area contributed by atoms with E-state index >= 15 is 0 Å². The Morgan fingerprint density at radius 2 is 1.58 bits per heavy atom. The minimum absolute atomic E-state index is 0.0378. The lowest BCUT2D eigenvalue weighted by molar-refractivity contribution is -0.132. The Balaban J connectivity index is 1.32. The largest absolute Gasteiger partial charge is 0.492 e. The van der Waals surface area contributed by atoms with Crippen LogP contribution in [0.2, 0.25) is 0 Å². The maximum atomic E-state index is 12.2. The summed E-state index contributed by atoms with van der Waals surface area (Å²) < 4.78 is 17.3. The summed E-state index contributed by atoms with van der Waals surface area (Å²) in [6.45, 7) is 11.3. The van der Waals surface area contributed by atoms with E-state index in [0.717, 1.165) is 49.7 Å². The fourth-order valence-electron chi connectivity index (χ4n) is 4.66. The summed E-state index contributed by atoms with van der Waals surface area (Å²) in [7, 11) is 0. The van der Waals surface area contributed by atoms with Gasteiger partial charge in [-0.2, -0.15) is 0 Å². The minimum atomic E-state index is -1.17. The predicted octanol–water partition coefficient (Wildman–Crippen LogP) is 2.18. The van der Waals surface area contributed by atoms with Crippen LogP contribution in [0, 0.1) is 6.92 Å². The lowest BCUT2D eigenvalue weighted by Crippen LogP contribution is -2.51. The summed E-state index contributed by atoms with van der Waals surface area (Å²) in [5.41, 5.74) is 1.11. The Bertz CT molecular complexity index is 962. The van der Waals surface area contributed by atoms with Crippen LogP contribution in [0.1, 0.15) is 18.1 Å². The minimum Gasteiger partial charge on any atom is -0.492 e. The van der Waals surface area contributed by atoms with Gasteiger partial charge >= 0.3 is 0 Å². The Hall–Kier alpha value is -2.65. The van der Waals surface area contributed by atoms with Gasteiger partial charge in [0.25, 0.3) is 0 Å². The van der Waals surface area contributed by atoms with Gasteiger partial charge in [-0.05, 0) is 36.8 Å². The van der Waals surface area contributed by atoms with E-state index in [0.29, 0.717) is 38.5 Å². The van der Waals surface area contributed by atoms with Crippen molar-refractivity contribution in [1.29, 1.82) is 0 Å². The van der Waals surface area contributed by atoms with E-state index in [1.165, 1.54) is 0 Å². The number of carbonyl (C=O) groups excluding carboxylic acids is 1. The van der Waals surface area contributed by atoms with E-state index in [2.05, 4.69) is 21.9 Å². The zero-order valence-electron chi connectivity index (χ0n) is 21.5. The molecule has 2 aromatic rings. The van der Waals surface area contributed by atoms with E-state index in [-0.39, 0.29) is 19.1 Å². The molecular weight excluding hydrogens is 458 g/mol. The normalized spacial score (nSPS) is 21.7. The number of nitrogens with zero attached hydrogens (tertiary/aromatic N) is 3. The third-order valence-electron chi connectivity index (χ3n) is 6.77.